The van der Waals surface area contributed by atoms with E-state index < -0.39 is 15.8 Å². The summed E-state index contributed by atoms with van der Waals surface area (Å²) in [7, 11) is -3.47. The third-order valence-electron chi connectivity index (χ3n) is 3.22. The Morgan fingerprint density at radius 1 is 1.12 bits per heavy atom. The van der Waals surface area contributed by atoms with Gasteiger partial charge in [-0.15, -0.1) is 11.8 Å². The standard InChI is InChI=1S/C17H17ClO4S2/c1-2-24(20,21)16-6-4-3-5-15(16)17(19)22-11-12-23-14-9-7-13(18)8-10-14/h3-10H,2,11-12H2,1H3. The lowest BCUT2D eigenvalue weighted by Gasteiger charge is -2.09. The molecular formula is C17H17ClO4S2. The molecule has 0 radical (unpaired) electrons. The lowest BCUT2D eigenvalue weighted by molar-refractivity contribution is 0.0526. The van der Waals surface area contributed by atoms with Gasteiger partial charge in [0.2, 0.25) is 0 Å². The molecule has 0 fully saturated rings. The molecule has 0 spiro atoms. The lowest BCUT2D eigenvalue weighted by atomic mass is 10.2. The SMILES string of the molecule is CCS(=O)(=O)c1ccccc1C(=O)OCCSc1ccc(Cl)cc1. The highest BCUT2D eigenvalue weighted by atomic mass is 35.5. The van der Waals surface area contributed by atoms with Crippen LogP contribution in [0.4, 0.5) is 0 Å². The Morgan fingerprint density at radius 3 is 2.46 bits per heavy atom. The topological polar surface area (TPSA) is 60.4 Å². The summed E-state index contributed by atoms with van der Waals surface area (Å²) in [5, 5.41) is 0.666. The van der Waals surface area contributed by atoms with Crippen molar-refractivity contribution in [2.45, 2.75) is 16.7 Å². The summed E-state index contributed by atoms with van der Waals surface area (Å²) in [4.78, 5) is 13.2. The molecule has 2 aromatic rings. The van der Waals surface area contributed by atoms with Gasteiger partial charge in [-0.1, -0.05) is 30.7 Å². The molecule has 0 aromatic heterocycles. The van der Waals surface area contributed by atoms with Gasteiger partial charge in [-0.3, -0.25) is 0 Å². The molecule has 0 atom stereocenters. The zero-order chi connectivity index (χ0) is 17.6. The molecule has 0 aliphatic heterocycles. The van der Waals surface area contributed by atoms with Crippen molar-refractivity contribution < 1.29 is 17.9 Å². The Bertz CT molecular complexity index is 802. The average Bonchev–Trinajstić information content (AvgIpc) is 2.60. The average molecular weight is 385 g/mol. The van der Waals surface area contributed by atoms with E-state index in [9.17, 15) is 13.2 Å². The number of halogens is 1. The largest absolute Gasteiger partial charge is 0.461 e. The van der Waals surface area contributed by atoms with Crippen LogP contribution in [-0.4, -0.2) is 32.5 Å². The summed E-state index contributed by atoms with van der Waals surface area (Å²) < 4.78 is 29.3. The Hall–Kier alpha value is -1.50. The maximum Gasteiger partial charge on any atom is 0.339 e. The van der Waals surface area contributed by atoms with Crippen molar-refractivity contribution in [3.8, 4) is 0 Å². The van der Waals surface area contributed by atoms with Gasteiger partial charge in [0.15, 0.2) is 9.84 Å². The van der Waals surface area contributed by atoms with Crippen LogP contribution < -0.4 is 0 Å². The van der Waals surface area contributed by atoms with Crippen LogP contribution in [0.2, 0.25) is 5.02 Å². The van der Waals surface area contributed by atoms with Crippen LogP contribution >= 0.6 is 23.4 Å². The Balaban J connectivity index is 1.95. The molecule has 0 aliphatic carbocycles. The van der Waals surface area contributed by atoms with Crippen LogP contribution in [0.5, 0.6) is 0 Å². The molecule has 4 nitrogen and oxygen atoms in total. The fourth-order valence-corrected chi connectivity index (χ4v) is 3.90. The number of sulfone groups is 1. The van der Waals surface area contributed by atoms with E-state index in [1.807, 2.05) is 12.1 Å². The summed E-state index contributed by atoms with van der Waals surface area (Å²) in [6.07, 6.45) is 0. The molecule has 128 valence electrons. The van der Waals surface area contributed by atoms with Crippen molar-refractivity contribution in [2.75, 3.05) is 18.1 Å². The normalized spacial score (nSPS) is 11.2. The molecule has 0 saturated heterocycles. The van der Waals surface area contributed by atoms with Gasteiger partial charge in [0, 0.05) is 15.7 Å². The molecule has 0 bridgehead atoms. The second-order valence-corrected chi connectivity index (χ2v) is 8.69. The molecule has 0 unspecified atom stereocenters. The summed E-state index contributed by atoms with van der Waals surface area (Å²) in [6.45, 7) is 1.73. The predicted octanol–water partition coefficient (Wildman–Crippen LogP) is 4.08. The predicted molar refractivity (Wildman–Crippen MR) is 96.6 cm³/mol. The Morgan fingerprint density at radius 2 is 1.79 bits per heavy atom. The third kappa shape index (κ3) is 5.00. The van der Waals surface area contributed by atoms with Gasteiger partial charge in [0.25, 0.3) is 0 Å². The van der Waals surface area contributed by atoms with Crippen LogP contribution in [0.15, 0.2) is 58.3 Å². The quantitative estimate of drug-likeness (QED) is 0.409. The van der Waals surface area contributed by atoms with Crippen LogP contribution in [-0.2, 0) is 14.6 Å². The highest BCUT2D eigenvalue weighted by Gasteiger charge is 2.21. The molecule has 2 aromatic carbocycles. The van der Waals surface area contributed by atoms with E-state index in [0.717, 1.165) is 4.90 Å². The molecule has 0 heterocycles. The molecule has 0 aliphatic rings. The number of ether oxygens (including phenoxy) is 1. The minimum atomic E-state index is -3.47. The minimum Gasteiger partial charge on any atom is -0.461 e. The first kappa shape index (κ1) is 18.8. The van der Waals surface area contributed by atoms with Gasteiger partial charge in [-0.2, -0.15) is 0 Å². The first-order valence-corrected chi connectivity index (χ1v) is 10.3. The van der Waals surface area contributed by atoms with Gasteiger partial charge in [0.05, 0.1) is 16.2 Å². The van der Waals surface area contributed by atoms with E-state index in [1.54, 1.807) is 31.2 Å². The lowest BCUT2D eigenvalue weighted by Crippen LogP contribution is -2.14. The second kappa shape index (κ2) is 8.55. The van der Waals surface area contributed by atoms with Gasteiger partial charge in [-0.25, -0.2) is 13.2 Å². The van der Waals surface area contributed by atoms with Gasteiger partial charge < -0.3 is 4.74 Å². The highest BCUT2D eigenvalue weighted by molar-refractivity contribution is 7.99. The smallest absolute Gasteiger partial charge is 0.339 e. The molecule has 7 heteroatoms. The first-order valence-electron chi connectivity index (χ1n) is 7.31. The zero-order valence-electron chi connectivity index (χ0n) is 13.1. The van der Waals surface area contributed by atoms with Crippen molar-refractivity contribution in [3.63, 3.8) is 0 Å². The van der Waals surface area contributed by atoms with E-state index in [2.05, 4.69) is 0 Å². The van der Waals surface area contributed by atoms with Gasteiger partial charge >= 0.3 is 5.97 Å². The Kier molecular flexibility index (Phi) is 6.71. The number of benzene rings is 2. The fraction of sp³-hybridized carbons (Fsp3) is 0.235. The number of esters is 1. The van der Waals surface area contributed by atoms with E-state index in [-0.39, 0.29) is 22.8 Å². The zero-order valence-corrected chi connectivity index (χ0v) is 15.5. The van der Waals surface area contributed by atoms with Gasteiger partial charge in [-0.05, 0) is 36.4 Å². The number of hydrogen-bond acceptors (Lipinski definition) is 5. The van der Waals surface area contributed by atoms with Crippen molar-refractivity contribution in [2.24, 2.45) is 0 Å². The molecule has 2 rings (SSSR count). The van der Waals surface area contributed by atoms with Crippen LogP contribution in [0, 0.1) is 0 Å². The van der Waals surface area contributed by atoms with E-state index in [1.165, 1.54) is 23.9 Å². The highest BCUT2D eigenvalue weighted by Crippen LogP contribution is 2.21. The summed E-state index contributed by atoms with van der Waals surface area (Å²) in [6, 6.07) is 13.5. The number of carbonyl (C=O) groups is 1. The molecular weight excluding hydrogens is 368 g/mol. The summed E-state index contributed by atoms with van der Waals surface area (Å²) in [5.41, 5.74) is 0.0795. The second-order valence-electron chi connectivity index (χ2n) is 4.84. The number of thioether (sulfide) groups is 1. The third-order valence-corrected chi connectivity index (χ3v) is 6.24. The van der Waals surface area contributed by atoms with Crippen LogP contribution in [0.25, 0.3) is 0 Å². The minimum absolute atomic E-state index is 0.0165. The van der Waals surface area contributed by atoms with E-state index >= 15 is 0 Å². The monoisotopic (exact) mass is 384 g/mol. The maximum absolute atomic E-state index is 12.2. The van der Waals surface area contributed by atoms with Crippen LogP contribution in [0.3, 0.4) is 0 Å². The molecule has 0 amide bonds. The first-order chi connectivity index (χ1) is 11.4. The van der Waals surface area contributed by atoms with E-state index in [4.69, 9.17) is 16.3 Å². The van der Waals surface area contributed by atoms with Gasteiger partial charge in [0.1, 0.15) is 6.61 Å². The number of hydrogen-bond donors (Lipinski definition) is 0. The number of carbonyl (C=O) groups excluding carboxylic acids is 1. The van der Waals surface area contributed by atoms with Crippen molar-refractivity contribution in [1.82, 2.24) is 0 Å². The molecule has 24 heavy (non-hydrogen) atoms. The number of rotatable bonds is 7. The van der Waals surface area contributed by atoms with E-state index in [0.29, 0.717) is 10.8 Å². The summed E-state index contributed by atoms with van der Waals surface area (Å²) >= 11 is 7.34. The van der Waals surface area contributed by atoms with Crippen molar-refractivity contribution in [3.05, 3.63) is 59.1 Å². The molecule has 0 N–H and O–H groups in total. The fourth-order valence-electron chi connectivity index (χ4n) is 1.96. The van der Waals surface area contributed by atoms with Crippen molar-refractivity contribution in [1.29, 1.82) is 0 Å². The molecule has 0 saturated carbocycles. The summed E-state index contributed by atoms with van der Waals surface area (Å²) in [5.74, 6) is -0.126. The Labute approximate surface area is 151 Å². The maximum atomic E-state index is 12.2. The van der Waals surface area contributed by atoms with Crippen molar-refractivity contribution >= 4 is 39.2 Å². The van der Waals surface area contributed by atoms with Crippen LogP contribution in [0.1, 0.15) is 17.3 Å².